The second kappa shape index (κ2) is 8.07. The molecule has 6 nitrogen and oxygen atoms in total. The molecule has 3 aromatic carbocycles. The number of hydrazone groups is 1. The number of methoxy groups -OCH3 is 2. The first-order valence-electron chi connectivity index (χ1n) is 9.99. The average Bonchev–Trinajstić information content (AvgIpc) is 3.44. The van der Waals surface area contributed by atoms with Gasteiger partial charge in [-0.3, -0.25) is 4.79 Å². The normalized spacial score (nSPS) is 18.3. The van der Waals surface area contributed by atoms with Gasteiger partial charge >= 0.3 is 0 Å². The molecule has 2 heterocycles. The Morgan fingerprint density at radius 1 is 1.00 bits per heavy atom. The summed E-state index contributed by atoms with van der Waals surface area (Å²) >= 11 is 1.43. The summed E-state index contributed by atoms with van der Waals surface area (Å²) in [6, 6.07) is 20.4. The zero-order valence-corrected chi connectivity index (χ0v) is 18.1. The predicted molar refractivity (Wildman–Crippen MR) is 124 cm³/mol. The summed E-state index contributed by atoms with van der Waals surface area (Å²) in [6.07, 6.45) is 0.692. The lowest BCUT2D eigenvalue weighted by molar-refractivity contribution is -0.115. The van der Waals surface area contributed by atoms with Crippen LogP contribution in [0.5, 0.6) is 11.5 Å². The van der Waals surface area contributed by atoms with E-state index >= 15 is 0 Å². The lowest BCUT2D eigenvalue weighted by atomic mass is 9.95. The van der Waals surface area contributed by atoms with Crippen molar-refractivity contribution < 1.29 is 14.3 Å². The fourth-order valence-electron chi connectivity index (χ4n) is 4.06. The van der Waals surface area contributed by atoms with Gasteiger partial charge in [0.1, 0.15) is 0 Å². The molecule has 0 bridgehead atoms. The van der Waals surface area contributed by atoms with E-state index in [1.54, 1.807) is 14.2 Å². The molecule has 1 atom stereocenters. The highest BCUT2D eigenvalue weighted by molar-refractivity contribution is 8.14. The number of hydrogen-bond acceptors (Lipinski definition) is 6. The molecule has 0 aromatic heterocycles. The Balaban J connectivity index is 1.59. The highest BCUT2D eigenvalue weighted by Crippen LogP contribution is 2.40. The molecule has 0 spiro atoms. The van der Waals surface area contributed by atoms with E-state index in [2.05, 4.69) is 35.3 Å². The minimum Gasteiger partial charge on any atom is -0.493 e. The molecule has 2 aliphatic rings. The number of amidine groups is 1. The van der Waals surface area contributed by atoms with E-state index in [0.29, 0.717) is 28.8 Å². The van der Waals surface area contributed by atoms with Gasteiger partial charge in [-0.1, -0.05) is 60.3 Å². The van der Waals surface area contributed by atoms with Gasteiger partial charge < -0.3 is 9.47 Å². The number of thioether (sulfide) groups is 1. The standard InChI is InChI=1S/C24H21N3O3S/c1-29-21-11-10-16(12-22(21)30-2)20-13-19(26-27(20)24-25-23(28)14-31-24)18-9-5-7-15-6-3-4-8-17(15)18/h3-12,20H,13-14H2,1-2H3. The molecular formula is C24H21N3O3S. The van der Waals surface area contributed by atoms with Crippen LogP contribution in [0, 0.1) is 0 Å². The topological polar surface area (TPSA) is 63.5 Å². The molecule has 7 heteroatoms. The average molecular weight is 432 g/mol. The number of carbonyl (C=O) groups excluding carboxylic acids is 1. The molecule has 0 radical (unpaired) electrons. The van der Waals surface area contributed by atoms with Crippen LogP contribution in [0.3, 0.4) is 0 Å². The van der Waals surface area contributed by atoms with Gasteiger partial charge in [-0.2, -0.15) is 10.1 Å². The number of benzene rings is 3. The zero-order valence-electron chi connectivity index (χ0n) is 17.2. The van der Waals surface area contributed by atoms with Crippen molar-refractivity contribution in [3.8, 4) is 11.5 Å². The Bertz CT molecular complexity index is 1230. The van der Waals surface area contributed by atoms with Crippen molar-refractivity contribution in [1.82, 2.24) is 5.01 Å². The monoisotopic (exact) mass is 431 g/mol. The largest absolute Gasteiger partial charge is 0.493 e. The Kier molecular flexibility index (Phi) is 5.11. The summed E-state index contributed by atoms with van der Waals surface area (Å²) in [4.78, 5) is 16.1. The SMILES string of the molecule is COc1ccc(C2CC(c3cccc4ccccc34)=NN2C2=NC(=O)CS2)cc1OC. The number of ether oxygens (including phenoxy) is 2. The van der Waals surface area contributed by atoms with Gasteiger partial charge in [-0.15, -0.1) is 0 Å². The lowest BCUT2D eigenvalue weighted by Crippen LogP contribution is -2.23. The first-order chi connectivity index (χ1) is 15.2. The van der Waals surface area contributed by atoms with Gasteiger partial charge in [0.2, 0.25) is 0 Å². The number of rotatable bonds is 4. The van der Waals surface area contributed by atoms with E-state index in [1.165, 1.54) is 17.1 Å². The molecule has 0 saturated heterocycles. The summed E-state index contributed by atoms with van der Waals surface area (Å²) < 4.78 is 10.9. The Hall–Kier alpha value is -3.32. The fourth-order valence-corrected chi connectivity index (χ4v) is 4.84. The van der Waals surface area contributed by atoms with Crippen molar-refractivity contribution in [1.29, 1.82) is 0 Å². The van der Waals surface area contributed by atoms with Gasteiger partial charge in [0.15, 0.2) is 16.7 Å². The Morgan fingerprint density at radius 3 is 2.58 bits per heavy atom. The van der Waals surface area contributed by atoms with Crippen LogP contribution < -0.4 is 9.47 Å². The number of fused-ring (bicyclic) bond motifs is 1. The van der Waals surface area contributed by atoms with Crippen molar-refractivity contribution in [3.63, 3.8) is 0 Å². The first kappa shape index (κ1) is 19.6. The molecule has 0 N–H and O–H groups in total. The van der Waals surface area contributed by atoms with Crippen LogP contribution in [-0.4, -0.2) is 41.8 Å². The maximum Gasteiger partial charge on any atom is 0.258 e. The maximum atomic E-state index is 11.8. The van der Waals surface area contributed by atoms with E-state index in [0.717, 1.165) is 22.2 Å². The molecule has 1 unspecified atom stereocenters. The van der Waals surface area contributed by atoms with Crippen LogP contribution in [0.25, 0.3) is 10.8 Å². The number of aliphatic imine (C=N–C) groups is 1. The number of amides is 1. The lowest BCUT2D eigenvalue weighted by Gasteiger charge is -2.23. The van der Waals surface area contributed by atoms with Crippen LogP contribution in [-0.2, 0) is 4.79 Å². The molecule has 2 aliphatic heterocycles. The summed E-state index contributed by atoms with van der Waals surface area (Å²) in [5.41, 5.74) is 3.10. The van der Waals surface area contributed by atoms with Gasteiger partial charge in [-0.05, 0) is 28.5 Å². The van der Waals surface area contributed by atoms with E-state index in [9.17, 15) is 4.79 Å². The molecule has 1 amide bonds. The van der Waals surface area contributed by atoms with Crippen LogP contribution in [0.15, 0.2) is 70.8 Å². The van der Waals surface area contributed by atoms with Crippen LogP contribution in [0.2, 0.25) is 0 Å². The molecule has 0 aliphatic carbocycles. The van der Waals surface area contributed by atoms with Gasteiger partial charge in [-0.25, -0.2) is 5.01 Å². The van der Waals surface area contributed by atoms with E-state index in [4.69, 9.17) is 14.6 Å². The molecule has 156 valence electrons. The molecule has 0 fully saturated rings. The van der Waals surface area contributed by atoms with E-state index < -0.39 is 0 Å². The van der Waals surface area contributed by atoms with Crippen molar-refractivity contribution in [2.45, 2.75) is 12.5 Å². The third kappa shape index (κ3) is 3.55. The summed E-state index contributed by atoms with van der Waals surface area (Å²) in [6.45, 7) is 0. The van der Waals surface area contributed by atoms with Crippen molar-refractivity contribution in [3.05, 3.63) is 71.8 Å². The van der Waals surface area contributed by atoms with E-state index in [-0.39, 0.29) is 11.9 Å². The number of nitrogens with zero attached hydrogens (tertiary/aromatic N) is 3. The summed E-state index contributed by atoms with van der Waals surface area (Å²) in [5.74, 6) is 1.56. The minimum atomic E-state index is -0.125. The second-order valence-electron chi connectivity index (χ2n) is 7.33. The van der Waals surface area contributed by atoms with Crippen LogP contribution in [0.4, 0.5) is 0 Å². The highest BCUT2D eigenvalue weighted by Gasteiger charge is 2.35. The zero-order chi connectivity index (χ0) is 21.4. The molecule has 3 aromatic rings. The summed E-state index contributed by atoms with van der Waals surface area (Å²) in [7, 11) is 3.25. The van der Waals surface area contributed by atoms with Crippen LogP contribution in [0.1, 0.15) is 23.6 Å². The number of hydrogen-bond donors (Lipinski definition) is 0. The number of carbonyl (C=O) groups is 1. The second-order valence-corrected chi connectivity index (χ2v) is 8.27. The van der Waals surface area contributed by atoms with Gasteiger partial charge in [0.05, 0.1) is 31.7 Å². The Morgan fingerprint density at radius 2 is 1.81 bits per heavy atom. The minimum absolute atomic E-state index is 0.0917. The maximum absolute atomic E-state index is 11.8. The third-order valence-electron chi connectivity index (χ3n) is 5.54. The van der Waals surface area contributed by atoms with Crippen molar-refractivity contribution in [2.75, 3.05) is 20.0 Å². The highest BCUT2D eigenvalue weighted by atomic mass is 32.2. The Labute approximate surface area is 184 Å². The first-order valence-corrected chi connectivity index (χ1v) is 11.0. The van der Waals surface area contributed by atoms with Gasteiger partial charge in [0, 0.05) is 12.0 Å². The molecule has 0 saturated carbocycles. The smallest absolute Gasteiger partial charge is 0.258 e. The van der Waals surface area contributed by atoms with Gasteiger partial charge in [0.25, 0.3) is 5.91 Å². The van der Waals surface area contributed by atoms with Crippen molar-refractivity contribution in [2.24, 2.45) is 10.1 Å². The molecule has 31 heavy (non-hydrogen) atoms. The van der Waals surface area contributed by atoms with E-state index in [1.807, 2.05) is 35.3 Å². The third-order valence-corrected chi connectivity index (χ3v) is 6.47. The fraction of sp³-hybridized carbons (Fsp3) is 0.208. The quantitative estimate of drug-likeness (QED) is 0.602. The molecule has 5 rings (SSSR count). The van der Waals surface area contributed by atoms with Crippen molar-refractivity contribution >= 4 is 39.3 Å². The van der Waals surface area contributed by atoms with Crippen LogP contribution >= 0.6 is 11.8 Å². The predicted octanol–water partition coefficient (Wildman–Crippen LogP) is 4.64. The summed E-state index contributed by atoms with van der Waals surface area (Å²) in [5, 5.41) is 9.81. The molecular weight excluding hydrogens is 410 g/mol.